The van der Waals surface area contributed by atoms with Crippen molar-refractivity contribution in [2.75, 3.05) is 12.3 Å². The number of hydrogen-bond acceptors (Lipinski definition) is 10. The van der Waals surface area contributed by atoms with Gasteiger partial charge in [-0.1, -0.05) is 0 Å². The second-order valence-corrected chi connectivity index (χ2v) is 6.37. The molecule has 2 aromatic rings. The summed E-state index contributed by atoms with van der Waals surface area (Å²) in [5, 5.41) is 9.85. The van der Waals surface area contributed by atoms with Crippen LogP contribution >= 0.6 is 19.4 Å². The SMILES string of the molecule is Nc1nc(Cl)nc2c1ncn2[C@H]1C[C@H](O)[C@@H](COP(=O)([O-])[O-])O1.[K+].[K+]. The van der Waals surface area contributed by atoms with Gasteiger partial charge >= 0.3 is 103 Å². The average molecular weight is 442 g/mol. The fourth-order valence-electron chi connectivity index (χ4n) is 2.32. The summed E-state index contributed by atoms with van der Waals surface area (Å²) >= 11 is 5.76. The van der Waals surface area contributed by atoms with E-state index in [4.69, 9.17) is 22.1 Å². The molecule has 1 aliphatic rings. The van der Waals surface area contributed by atoms with Crippen molar-refractivity contribution in [2.45, 2.75) is 24.9 Å². The van der Waals surface area contributed by atoms with Gasteiger partial charge in [-0.3, -0.25) is 4.57 Å². The smallest absolute Gasteiger partial charge is 0.790 e. The summed E-state index contributed by atoms with van der Waals surface area (Å²) in [7, 11) is -5.14. The van der Waals surface area contributed by atoms with Gasteiger partial charge in [0.25, 0.3) is 0 Å². The van der Waals surface area contributed by atoms with Gasteiger partial charge < -0.3 is 34.5 Å². The van der Waals surface area contributed by atoms with E-state index in [0.717, 1.165) is 0 Å². The van der Waals surface area contributed by atoms with Crippen molar-refractivity contribution >= 4 is 36.4 Å². The van der Waals surface area contributed by atoms with Crippen LogP contribution in [-0.4, -0.2) is 43.4 Å². The van der Waals surface area contributed by atoms with Crippen LogP contribution in [0.3, 0.4) is 0 Å². The number of phosphoric acid groups is 1. The minimum absolute atomic E-state index is 0. The van der Waals surface area contributed by atoms with Gasteiger partial charge in [0, 0.05) is 6.42 Å². The number of nitrogen functional groups attached to an aromatic ring is 1. The van der Waals surface area contributed by atoms with Gasteiger partial charge in [-0.25, -0.2) is 4.98 Å². The maximum atomic E-state index is 10.5. The number of imidazole rings is 1. The van der Waals surface area contributed by atoms with Crippen LogP contribution in [0.15, 0.2) is 6.33 Å². The normalized spacial score (nSPS) is 23.3. The molecule has 3 rings (SSSR count). The van der Waals surface area contributed by atoms with Crippen molar-refractivity contribution in [3.05, 3.63) is 11.6 Å². The summed E-state index contributed by atoms with van der Waals surface area (Å²) in [6.07, 6.45) is -1.21. The maximum Gasteiger partial charge on any atom is 1.00 e. The van der Waals surface area contributed by atoms with Gasteiger partial charge in [-0.2, -0.15) is 9.97 Å². The number of aromatic nitrogens is 4. The molecular formula is C10H11ClK2N5O6P. The molecule has 0 saturated carbocycles. The van der Waals surface area contributed by atoms with E-state index in [1.165, 1.54) is 10.9 Å². The standard InChI is InChI=1S/C10H13ClN5O6P.2K/c11-10-14-8(12)7-9(15-10)16(3-13-7)6-1-4(17)5(22-6)2-21-23(18,19)20;;/h3-6,17H,1-2H2,(H2,12,14,15)(H2,18,19,20);;/q;2*+1/p-2/t4-,5+,6+;;/m0../s1. The summed E-state index contributed by atoms with van der Waals surface area (Å²) in [6, 6.07) is 0. The molecular weight excluding hydrogens is 431 g/mol. The van der Waals surface area contributed by atoms with Crippen LogP contribution < -0.4 is 118 Å². The maximum absolute atomic E-state index is 10.5. The van der Waals surface area contributed by atoms with Gasteiger partial charge in [0.2, 0.25) is 5.28 Å². The third kappa shape index (κ3) is 6.21. The zero-order chi connectivity index (χ0) is 16.8. The second-order valence-electron chi connectivity index (χ2n) is 4.88. The summed E-state index contributed by atoms with van der Waals surface area (Å²) in [6.45, 7) is -0.577. The largest absolute Gasteiger partial charge is 1.00 e. The number of aliphatic hydroxyl groups excluding tert-OH is 1. The molecule has 3 N–H and O–H groups in total. The molecule has 126 valence electrons. The molecule has 0 bridgehead atoms. The predicted octanol–water partition coefficient (Wildman–Crippen LogP) is -7.44. The molecule has 15 heteroatoms. The van der Waals surface area contributed by atoms with Crippen LogP contribution in [0.25, 0.3) is 11.2 Å². The van der Waals surface area contributed by atoms with Crippen molar-refractivity contribution in [2.24, 2.45) is 0 Å². The van der Waals surface area contributed by atoms with Crippen molar-refractivity contribution in [3.63, 3.8) is 0 Å². The van der Waals surface area contributed by atoms with Crippen molar-refractivity contribution in [1.29, 1.82) is 0 Å². The molecule has 1 saturated heterocycles. The second kappa shape index (κ2) is 10.1. The first kappa shape index (κ1) is 25.0. The van der Waals surface area contributed by atoms with E-state index in [2.05, 4.69) is 19.5 Å². The monoisotopic (exact) mass is 441 g/mol. The predicted molar refractivity (Wildman–Crippen MR) is 72.8 cm³/mol. The van der Waals surface area contributed by atoms with Crippen LogP contribution in [0.4, 0.5) is 5.82 Å². The number of fused-ring (bicyclic) bond motifs is 1. The number of hydrogen-bond donors (Lipinski definition) is 2. The van der Waals surface area contributed by atoms with Gasteiger partial charge in [-0.15, -0.1) is 0 Å². The van der Waals surface area contributed by atoms with Gasteiger partial charge in [0.15, 0.2) is 11.5 Å². The minimum atomic E-state index is -5.14. The van der Waals surface area contributed by atoms with Gasteiger partial charge in [0.1, 0.15) is 17.8 Å². The zero-order valence-electron chi connectivity index (χ0n) is 13.4. The number of aliphatic hydroxyl groups is 1. The molecule has 1 fully saturated rings. The number of halogens is 1. The summed E-state index contributed by atoms with van der Waals surface area (Å²) in [5.74, 6) is 0.0934. The van der Waals surface area contributed by atoms with E-state index in [1.54, 1.807) is 0 Å². The van der Waals surface area contributed by atoms with E-state index in [-0.39, 0.29) is 120 Å². The van der Waals surface area contributed by atoms with Crippen molar-refractivity contribution < 1.29 is 131 Å². The fraction of sp³-hybridized carbons (Fsp3) is 0.500. The molecule has 0 aliphatic carbocycles. The van der Waals surface area contributed by atoms with Gasteiger partial charge in [-0.05, 0) is 11.6 Å². The van der Waals surface area contributed by atoms with E-state index in [1.807, 2.05) is 0 Å². The number of nitrogens with zero attached hydrogens (tertiary/aromatic N) is 4. The molecule has 3 atom stereocenters. The molecule has 1 aliphatic heterocycles. The molecule has 3 heterocycles. The Morgan fingerprint density at radius 1 is 1.48 bits per heavy atom. The Morgan fingerprint density at radius 2 is 2.16 bits per heavy atom. The van der Waals surface area contributed by atoms with E-state index >= 15 is 0 Å². The number of rotatable bonds is 4. The molecule has 25 heavy (non-hydrogen) atoms. The van der Waals surface area contributed by atoms with Crippen LogP contribution in [-0.2, 0) is 13.8 Å². The molecule has 0 amide bonds. The summed E-state index contributed by atoms with van der Waals surface area (Å²) < 4.78 is 21.6. The third-order valence-corrected chi connectivity index (χ3v) is 3.97. The first-order valence-corrected chi connectivity index (χ1v) is 8.24. The van der Waals surface area contributed by atoms with Crippen LogP contribution in [0, 0.1) is 0 Å². The minimum Gasteiger partial charge on any atom is -0.790 e. The quantitative estimate of drug-likeness (QED) is 0.263. The van der Waals surface area contributed by atoms with E-state index in [0.29, 0.717) is 11.2 Å². The van der Waals surface area contributed by atoms with Gasteiger partial charge in [0.05, 0.1) is 26.9 Å². The van der Waals surface area contributed by atoms with Crippen molar-refractivity contribution in [3.8, 4) is 0 Å². The number of anilines is 1. The van der Waals surface area contributed by atoms with Crippen LogP contribution in [0.5, 0.6) is 0 Å². The summed E-state index contributed by atoms with van der Waals surface area (Å²) in [4.78, 5) is 32.9. The Kier molecular flexibility index (Phi) is 10.1. The molecule has 2 aromatic heterocycles. The number of ether oxygens (including phenoxy) is 1. The van der Waals surface area contributed by atoms with Crippen LogP contribution in [0.1, 0.15) is 12.6 Å². The van der Waals surface area contributed by atoms with E-state index in [9.17, 15) is 19.5 Å². The molecule has 11 nitrogen and oxygen atoms in total. The molecule has 0 spiro atoms. The summed E-state index contributed by atoms with van der Waals surface area (Å²) in [5.41, 5.74) is 6.32. The van der Waals surface area contributed by atoms with Crippen LogP contribution in [0.2, 0.25) is 5.28 Å². The Morgan fingerprint density at radius 3 is 2.80 bits per heavy atom. The van der Waals surface area contributed by atoms with E-state index < -0.39 is 32.9 Å². The number of nitrogens with two attached hydrogens (primary N) is 1. The Bertz CT molecular complexity index is 790. The average Bonchev–Trinajstić information content (AvgIpc) is 2.99. The Labute approximate surface area is 232 Å². The first-order valence-electron chi connectivity index (χ1n) is 6.40. The van der Waals surface area contributed by atoms with Crippen molar-refractivity contribution in [1.82, 2.24) is 19.5 Å². The zero-order valence-corrected chi connectivity index (χ0v) is 21.3. The Balaban J connectivity index is 0.00000156. The number of phosphoric ester groups is 1. The molecule has 0 aromatic carbocycles. The third-order valence-electron chi connectivity index (χ3n) is 3.33. The first-order chi connectivity index (χ1) is 10.7. The topological polar surface area (TPSA) is 172 Å². The Hall–Kier alpha value is 1.94. The molecule has 0 unspecified atom stereocenters. The fourth-order valence-corrected chi connectivity index (χ4v) is 2.82. The molecule has 0 radical (unpaired) electrons.